The molecule has 0 aliphatic carbocycles. The number of aromatic nitrogens is 3. The van der Waals surface area contributed by atoms with Gasteiger partial charge in [-0.05, 0) is 26.0 Å². The fourth-order valence-corrected chi connectivity index (χ4v) is 1.96. The molecule has 0 spiro atoms. The third kappa shape index (κ3) is 2.88. The third-order valence-corrected chi connectivity index (χ3v) is 3.32. The molecule has 2 heterocycles. The first-order valence-electron chi connectivity index (χ1n) is 5.31. The van der Waals surface area contributed by atoms with Crippen molar-refractivity contribution in [2.45, 2.75) is 19.4 Å². The van der Waals surface area contributed by atoms with Crippen molar-refractivity contribution in [1.29, 1.82) is 0 Å². The minimum atomic E-state index is -0.558. The van der Waals surface area contributed by atoms with E-state index in [2.05, 4.69) is 20.5 Å². The first kappa shape index (κ1) is 12.6. The number of nitrogens with one attached hydrogen (secondary N) is 1. The molecule has 3 N–H and O–H groups in total. The number of anilines is 1. The van der Waals surface area contributed by atoms with Gasteiger partial charge in [0.1, 0.15) is 5.01 Å². The van der Waals surface area contributed by atoms with Gasteiger partial charge in [0.15, 0.2) is 0 Å². The highest BCUT2D eigenvalue weighted by molar-refractivity contribution is 7.15. The van der Waals surface area contributed by atoms with Gasteiger partial charge in [0, 0.05) is 18.0 Å². The van der Waals surface area contributed by atoms with Crippen LogP contribution in [-0.2, 0) is 5.54 Å². The Kier molecular flexibility index (Phi) is 3.35. The standard InChI is InChI=1S/C11H13N5OS/c1-11(2,12)9-15-16-10(18-9)14-8(17)7-3-5-13-6-4-7/h3-6H,12H2,1-2H3,(H,14,16,17). The zero-order valence-electron chi connectivity index (χ0n) is 10.0. The fourth-order valence-electron chi connectivity index (χ4n) is 1.21. The summed E-state index contributed by atoms with van der Waals surface area (Å²) < 4.78 is 0. The highest BCUT2D eigenvalue weighted by atomic mass is 32.1. The van der Waals surface area contributed by atoms with Gasteiger partial charge < -0.3 is 5.73 Å². The lowest BCUT2D eigenvalue weighted by Gasteiger charge is -2.12. The number of carbonyl (C=O) groups excluding carboxylic acids is 1. The average Bonchev–Trinajstić information content (AvgIpc) is 2.78. The summed E-state index contributed by atoms with van der Waals surface area (Å²) in [5.74, 6) is -0.241. The summed E-state index contributed by atoms with van der Waals surface area (Å²) in [4.78, 5) is 15.7. The van der Waals surface area contributed by atoms with E-state index in [0.717, 1.165) is 0 Å². The molecule has 7 heteroatoms. The van der Waals surface area contributed by atoms with Gasteiger partial charge in [-0.2, -0.15) is 0 Å². The predicted octanol–water partition coefficient (Wildman–Crippen LogP) is 1.38. The van der Waals surface area contributed by atoms with Crippen LogP contribution in [0.15, 0.2) is 24.5 Å². The van der Waals surface area contributed by atoms with Crippen molar-refractivity contribution in [1.82, 2.24) is 15.2 Å². The van der Waals surface area contributed by atoms with E-state index in [-0.39, 0.29) is 5.91 Å². The van der Waals surface area contributed by atoms with Crippen LogP contribution in [0.4, 0.5) is 5.13 Å². The lowest BCUT2D eigenvalue weighted by atomic mass is 10.1. The summed E-state index contributed by atoms with van der Waals surface area (Å²) in [6.07, 6.45) is 3.12. The van der Waals surface area contributed by atoms with Gasteiger partial charge in [-0.25, -0.2) is 0 Å². The molecule has 0 radical (unpaired) electrons. The first-order chi connectivity index (χ1) is 8.47. The second-order valence-electron chi connectivity index (χ2n) is 4.32. The van der Waals surface area contributed by atoms with Gasteiger partial charge >= 0.3 is 0 Å². The average molecular weight is 263 g/mol. The number of hydrogen-bond donors (Lipinski definition) is 2. The van der Waals surface area contributed by atoms with E-state index < -0.39 is 5.54 Å². The summed E-state index contributed by atoms with van der Waals surface area (Å²) in [7, 11) is 0. The molecular formula is C11H13N5OS. The Morgan fingerprint density at radius 1 is 1.33 bits per heavy atom. The second-order valence-corrected chi connectivity index (χ2v) is 5.30. The van der Waals surface area contributed by atoms with E-state index in [1.165, 1.54) is 11.3 Å². The Balaban J connectivity index is 2.11. The van der Waals surface area contributed by atoms with Gasteiger partial charge in [0.2, 0.25) is 5.13 Å². The van der Waals surface area contributed by atoms with Crippen LogP contribution in [0.25, 0.3) is 0 Å². The lowest BCUT2D eigenvalue weighted by molar-refractivity contribution is 0.102. The van der Waals surface area contributed by atoms with E-state index in [1.807, 2.05) is 13.8 Å². The molecule has 0 fully saturated rings. The van der Waals surface area contributed by atoms with Gasteiger partial charge in [-0.1, -0.05) is 11.3 Å². The highest BCUT2D eigenvalue weighted by Crippen LogP contribution is 2.24. The highest BCUT2D eigenvalue weighted by Gasteiger charge is 2.20. The van der Waals surface area contributed by atoms with Gasteiger partial charge in [0.05, 0.1) is 5.54 Å². The maximum absolute atomic E-state index is 11.8. The number of amides is 1. The molecule has 0 aliphatic rings. The third-order valence-electron chi connectivity index (χ3n) is 2.14. The van der Waals surface area contributed by atoms with Crippen molar-refractivity contribution in [2.24, 2.45) is 5.73 Å². The van der Waals surface area contributed by atoms with Crippen LogP contribution in [-0.4, -0.2) is 21.1 Å². The van der Waals surface area contributed by atoms with E-state index in [9.17, 15) is 4.79 Å². The molecule has 2 aromatic heterocycles. The van der Waals surface area contributed by atoms with Crippen LogP contribution in [0.5, 0.6) is 0 Å². The molecule has 0 unspecified atom stereocenters. The summed E-state index contributed by atoms with van der Waals surface area (Å²) >= 11 is 1.27. The molecule has 0 aliphatic heterocycles. The summed E-state index contributed by atoms with van der Waals surface area (Å²) in [6.45, 7) is 3.67. The first-order valence-corrected chi connectivity index (χ1v) is 6.13. The Morgan fingerprint density at radius 2 is 2.00 bits per heavy atom. The predicted molar refractivity (Wildman–Crippen MR) is 69.3 cm³/mol. The number of carbonyl (C=O) groups is 1. The molecule has 0 aromatic carbocycles. The summed E-state index contributed by atoms with van der Waals surface area (Å²) in [6, 6.07) is 3.26. The minimum absolute atomic E-state index is 0.241. The molecule has 1 amide bonds. The quantitative estimate of drug-likeness (QED) is 0.872. The normalized spacial score (nSPS) is 11.3. The van der Waals surface area contributed by atoms with Crippen LogP contribution < -0.4 is 11.1 Å². The lowest BCUT2D eigenvalue weighted by Crippen LogP contribution is -2.28. The van der Waals surface area contributed by atoms with Crippen molar-refractivity contribution >= 4 is 22.4 Å². The maximum Gasteiger partial charge on any atom is 0.257 e. The second kappa shape index (κ2) is 4.79. The number of nitrogens with zero attached hydrogens (tertiary/aromatic N) is 3. The van der Waals surface area contributed by atoms with Crippen molar-refractivity contribution in [3.8, 4) is 0 Å². The molecule has 0 saturated carbocycles. The number of rotatable bonds is 3. The maximum atomic E-state index is 11.8. The van der Waals surface area contributed by atoms with Crippen molar-refractivity contribution in [3.05, 3.63) is 35.1 Å². The SMILES string of the molecule is CC(C)(N)c1nnc(NC(=O)c2ccncc2)s1. The van der Waals surface area contributed by atoms with Crippen LogP contribution >= 0.6 is 11.3 Å². The van der Waals surface area contributed by atoms with Crippen LogP contribution in [0.1, 0.15) is 29.2 Å². The van der Waals surface area contributed by atoms with Gasteiger partial charge in [-0.3, -0.25) is 15.1 Å². The number of hydrogen-bond acceptors (Lipinski definition) is 6. The van der Waals surface area contributed by atoms with Crippen LogP contribution in [0.2, 0.25) is 0 Å². The number of nitrogens with two attached hydrogens (primary N) is 1. The molecule has 0 atom stereocenters. The van der Waals surface area contributed by atoms with Crippen molar-refractivity contribution in [3.63, 3.8) is 0 Å². The van der Waals surface area contributed by atoms with Gasteiger partial charge in [-0.15, -0.1) is 10.2 Å². The van der Waals surface area contributed by atoms with E-state index in [4.69, 9.17) is 5.73 Å². The number of pyridine rings is 1. The Labute approximate surface area is 108 Å². The monoisotopic (exact) mass is 263 g/mol. The molecular weight excluding hydrogens is 250 g/mol. The van der Waals surface area contributed by atoms with Gasteiger partial charge in [0.25, 0.3) is 5.91 Å². The zero-order chi connectivity index (χ0) is 13.2. The zero-order valence-corrected chi connectivity index (χ0v) is 10.9. The Morgan fingerprint density at radius 3 is 2.56 bits per heavy atom. The van der Waals surface area contributed by atoms with Crippen LogP contribution in [0.3, 0.4) is 0 Å². The summed E-state index contributed by atoms with van der Waals surface area (Å²) in [5.41, 5.74) is 5.86. The van der Waals surface area contributed by atoms with Crippen molar-refractivity contribution in [2.75, 3.05) is 5.32 Å². The van der Waals surface area contributed by atoms with Crippen LogP contribution in [0, 0.1) is 0 Å². The van der Waals surface area contributed by atoms with E-state index in [1.54, 1.807) is 24.5 Å². The molecule has 2 rings (SSSR count). The molecule has 0 saturated heterocycles. The molecule has 2 aromatic rings. The largest absolute Gasteiger partial charge is 0.320 e. The molecule has 6 nitrogen and oxygen atoms in total. The van der Waals surface area contributed by atoms with Crippen molar-refractivity contribution < 1.29 is 4.79 Å². The van der Waals surface area contributed by atoms with E-state index in [0.29, 0.717) is 15.7 Å². The molecule has 94 valence electrons. The molecule has 18 heavy (non-hydrogen) atoms. The Hall–Kier alpha value is -1.86. The minimum Gasteiger partial charge on any atom is -0.320 e. The smallest absolute Gasteiger partial charge is 0.257 e. The summed E-state index contributed by atoms with van der Waals surface area (Å²) in [5, 5.41) is 11.6. The molecule has 0 bridgehead atoms. The van der Waals surface area contributed by atoms with E-state index >= 15 is 0 Å². The topological polar surface area (TPSA) is 93.8 Å². The fraction of sp³-hybridized carbons (Fsp3) is 0.273. The Bertz CT molecular complexity index is 546.